The van der Waals surface area contributed by atoms with Gasteiger partial charge in [-0.05, 0) is 25.0 Å². The number of carbonyl (C=O) groups is 1. The zero-order valence-electron chi connectivity index (χ0n) is 11.6. The summed E-state index contributed by atoms with van der Waals surface area (Å²) >= 11 is 0. The number of carboxylic acids is 1. The fourth-order valence-electron chi connectivity index (χ4n) is 1.76. The van der Waals surface area contributed by atoms with E-state index in [2.05, 4.69) is 0 Å². The minimum atomic E-state index is -0.928. The number of ether oxygens (including phenoxy) is 2. The highest BCUT2D eigenvalue weighted by Gasteiger charge is 2.20. The van der Waals surface area contributed by atoms with E-state index in [0.717, 1.165) is 24.2 Å². The van der Waals surface area contributed by atoms with Crippen LogP contribution in [0.15, 0.2) is 24.3 Å². The van der Waals surface area contributed by atoms with Gasteiger partial charge in [0.1, 0.15) is 5.75 Å². The molecule has 0 fully saturated rings. The van der Waals surface area contributed by atoms with Gasteiger partial charge in [0.15, 0.2) is 6.10 Å². The van der Waals surface area contributed by atoms with Gasteiger partial charge in [0, 0.05) is 13.0 Å². The molecule has 1 aromatic rings. The minimum absolute atomic E-state index is 0.329. The molecule has 0 aliphatic rings. The quantitative estimate of drug-likeness (QED) is 0.698. The SMILES string of the molecule is CCCCO[C@@H](Cc1ccccc1OCC)C(=O)O. The molecule has 4 heteroatoms. The van der Waals surface area contributed by atoms with E-state index in [1.807, 2.05) is 38.1 Å². The Labute approximate surface area is 114 Å². The Bertz CT molecular complexity index is 389. The third-order valence-electron chi connectivity index (χ3n) is 2.77. The molecular weight excluding hydrogens is 244 g/mol. The first-order chi connectivity index (χ1) is 9.19. The van der Waals surface area contributed by atoms with Crippen LogP contribution in [0.2, 0.25) is 0 Å². The molecule has 4 nitrogen and oxygen atoms in total. The lowest BCUT2D eigenvalue weighted by atomic mass is 10.1. The molecule has 0 radical (unpaired) electrons. The van der Waals surface area contributed by atoms with Gasteiger partial charge in [-0.25, -0.2) is 4.79 Å². The lowest BCUT2D eigenvalue weighted by Gasteiger charge is -2.16. The summed E-state index contributed by atoms with van der Waals surface area (Å²) in [5, 5.41) is 9.19. The number of hydrogen-bond acceptors (Lipinski definition) is 3. The number of benzene rings is 1. The van der Waals surface area contributed by atoms with Crippen LogP contribution in [0.25, 0.3) is 0 Å². The van der Waals surface area contributed by atoms with Crippen LogP contribution in [0.5, 0.6) is 5.75 Å². The third-order valence-corrected chi connectivity index (χ3v) is 2.77. The van der Waals surface area contributed by atoms with E-state index in [-0.39, 0.29) is 0 Å². The fourth-order valence-corrected chi connectivity index (χ4v) is 1.76. The van der Waals surface area contributed by atoms with Crippen LogP contribution in [0.3, 0.4) is 0 Å². The zero-order valence-corrected chi connectivity index (χ0v) is 11.6. The Morgan fingerprint density at radius 3 is 2.68 bits per heavy atom. The maximum Gasteiger partial charge on any atom is 0.333 e. The van der Waals surface area contributed by atoms with Crippen molar-refractivity contribution in [3.8, 4) is 5.75 Å². The fraction of sp³-hybridized carbons (Fsp3) is 0.533. The number of unbranched alkanes of at least 4 members (excludes halogenated alkanes) is 1. The molecule has 0 heterocycles. The van der Waals surface area contributed by atoms with Gasteiger partial charge >= 0.3 is 5.97 Å². The molecule has 0 aliphatic heterocycles. The standard InChI is InChI=1S/C15H22O4/c1-3-5-10-19-14(15(16)17)11-12-8-6-7-9-13(12)18-4-2/h6-9,14H,3-5,10-11H2,1-2H3,(H,16,17)/t14-/m0/s1. The lowest BCUT2D eigenvalue weighted by molar-refractivity contribution is -0.150. The molecule has 0 saturated carbocycles. The molecule has 0 amide bonds. The first kappa shape index (κ1) is 15.5. The molecule has 0 bridgehead atoms. The highest BCUT2D eigenvalue weighted by atomic mass is 16.5. The number of rotatable bonds is 9. The summed E-state index contributed by atoms with van der Waals surface area (Å²) < 4.78 is 10.9. The van der Waals surface area contributed by atoms with Crippen LogP contribution in [0.1, 0.15) is 32.3 Å². The van der Waals surface area contributed by atoms with E-state index in [4.69, 9.17) is 9.47 Å². The number of para-hydroxylation sites is 1. The van der Waals surface area contributed by atoms with Gasteiger partial charge in [-0.2, -0.15) is 0 Å². The van der Waals surface area contributed by atoms with Crippen molar-refractivity contribution in [2.75, 3.05) is 13.2 Å². The van der Waals surface area contributed by atoms with Crippen molar-refractivity contribution in [2.45, 2.75) is 39.2 Å². The summed E-state index contributed by atoms with van der Waals surface area (Å²) in [7, 11) is 0. The molecule has 0 aromatic heterocycles. The van der Waals surface area contributed by atoms with Gasteiger partial charge in [-0.1, -0.05) is 31.5 Å². The van der Waals surface area contributed by atoms with E-state index >= 15 is 0 Å². The molecule has 19 heavy (non-hydrogen) atoms. The summed E-state index contributed by atoms with van der Waals surface area (Å²) in [5.41, 5.74) is 0.869. The van der Waals surface area contributed by atoms with E-state index in [0.29, 0.717) is 19.6 Å². The van der Waals surface area contributed by atoms with Crippen LogP contribution in [-0.2, 0) is 16.0 Å². The predicted molar refractivity (Wildman–Crippen MR) is 73.6 cm³/mol. The highest BCUT2D eigenvalue weighted by Crippen LogP contribution is 2.20. The summed E-state index contributed by atoms with van der Waals surface area (Å²) in [5.74, 6) is -0.197. The van der Waals surface area contributed by atoms with Crippen molar-refractivity contribution in [3.63, 3.8) is 0 Å². The average molecular weight is 266 g/mol. The lowest BCUT2D eigenvalue weighted by Crippen LogP contribution is -2.27. The van der Waals surface area contributed by atoms with Crippen LogP contribution in [-0.4, -0.2) is 30.4 Å². The monoisotopic (exact) mass is 266 g/mol. The van der Waals surface area contributed by atoms with Crippen molar-refractivity contribution in [2.24, 2.45) is 0 Å². The molecule has 106 valence electrons. The van der Waals surface area contributed by atoms with E-state index in [9.17, 15) is 9.90 Å². The summed E-state index contributed by atoms with van der Waals surface area (Å²) in [6, 6.07) is 7.49. The van der Waals surface area contributed by atoms with Crippen LogP contribution >= 0.6 is 0 Å². The summed E-state index contributed by atoms with van der Waals surface area (Å²) in [6.07, 6.45) is 1.38. The van der Waals surface area contributed by atoms with Crippen molar-refractivity contribution in [1.29, 1.82) is 0 Å². The smallest absolute Gasteiger partial charge is 0.333 e. The van der Waals surface area contributed by atoms with Crippen molar-refractivity contribution in [1.82, 2.24) is 0 Å². The number of carboxylic acid groups (broad SMARTS) is 1. The van der Waals surface area contributed by atoms with Gasteiger partial charge in [-0.15, -0.1) is 0 Å². The zero-order chi connectivity index (χ0) is 14.1. The van der Waals surface area contributed by atoms with Gasteiger partial charge in [0.2, 0.25) is 0 Å². The van der Waals surface area contributed by atoms with Gasteiger partial charge < -0.3 is 14.6 Å². The number of aliphatic carboxylic acids is 1. The largest absolute Gasteiger partial charge is 0.494 e. The Balaban J connectivity index is 2.70. The Morgan fingerprint density at radius 2 is 2.05 bits per heavy atom. The van der Waals surface area contributed by atoms with Gasteiger partial charge in [0.25, 0.3) is 0 Å². The highest BCUT2D eigenvalue weighted by molar-refractivity contribution is 5.73. The molecular formula is C15H22O4. The van der Waals surface area contributed by atoms with Crippen LogP contribution in [0, 0.1) is 0 Å². The summed E-state index contributed by atoms with van der Waals surface area (Å²) in [6.45, 7) is 4.99. The second kappa shape index (κ2) is 8.53. The van der Waals surface area contributed by atoms with E-state index < -0.39 is 12.1 Å². The van der Waals surface area contributed by atoms with Crippen molar-refractivity contribution in [3.05, 3.63) is 29.8 Å². The molecule has 0 unspecified atom stereocenters. The molecule has 0 spiro atoms. The normalized spacial score (nSPS) is 12.1. The second-order valence-corrected chi connectivity index (χ2v) is 4.30. The molecule has 1 atom stereocenters. The Kier molecular flexibility index (Phi) is 6.97. The maximum atomic E-state index is 11.2. The topological polar surface area (TPSA) is 55.8 Å². The van der Waals surface area contributed by atoms with E-state index in [1.165, 1.54) is 0 Å². The molecule has 0 saturated heterocycles. The number of hydrogen-bond donors (Lipinski definition) is 1. The first-order valence-corrected chi connectivity index (χ1v) is 6.74. The average Bonchev–Trinajstić information content (AvgIpc) is 2.40. The Hall–Kier alpha value is -1.55. The second-order valence-electron chi connectivity index (χ2n) is 4.30. The van der Waals surface area contributed by atoms with Gasteiger partial charge in [-0.3, -0.25) is 0 Å². The maximum absolute atomic E-state index is 11.2. The van der Waals surface area contributed by atoms with Gasteiger partial charge in [0.05, 0.1) is 6.61 Å². The van der Waals surface area contributed by atoms with Crippen molar-refractivity contribution < 1.29 is 19.4 Å². The van der Waals surface area contributed by atoms with Crippen LogP contribution in [0.4, 0.5) is 0 Å². The predicted octanol–water partition coefficient (Wildman–Crippen LogP) is 2.90. The summed E-state index contributed by atoms with van der Waals surface area (Å²) in [4.78, 5) is 11.2. The Morgan fingerprint density at radius 1 is 1.32 bits per heavy atom. The molecule has 1 N–H and O–H groups in total. The molecule has 1 rings (SSSR count). The first-order valence-electron chi connectivity index (χ1n) is 6.74. The minimum Gasteiger partial charge on any atom is -0.494 e. The van der Waals surface area contributed by atoms with E-state index in [1.54, 1.807) is 0 Å². The third kappa shape index (κ3) is 5.30. The molecule has 0 aliphatic carbocycles. The van der Waals surface area contributed by atoms with Crippen molar-refractivity contribution >= 4 is 5.97 Å². The van der Waals surface area contributed by atoms with Crippen LogP contribution < -0.4 is 4.74 Å². The molecule has 1 aromatic carbocycles.